The van der Waals surface area contributed by atoms with Crippen molar-refractivity contribution in [2.75, 3.05) is 37.1 Å². The van der Waals surface area contributed by atoms with E-state index in [0.717, 1.165) is 55.6 Å². The van der Waals surface area contributed by atoms with Gasteiger partial charge in [0.1, 0.15) is 17.5 Å². The number of ether oxygens (including phenoxy) is 1. The van der Waals surface area contributed by atoms with Gasteiger partial charge < -0.3 is 15.1 Å². The molecule has 1 aliphatic heterocycles. The first-order chi connectivity index (χ1) is 10.1. The van der Waals surface area contributed by atoms with Crippen LogP contribution in [0.15, 0.2) is 0 Å². The topological polar surface area (TPSA) is 76.3 Å². The van der Waals surface area contributed by atoms with E-state index in [9.17, 15) is 0 Å². The maximum absolute atomic E-state index is 5.60. The summed E-state index contributed by atoms with van der Waals surface area (Å²) in [5, 5.41) is 0. The highest BCUT2D eigenvalue weighted by atomic mass is 16.5. The van der Waals surface area contributed by atoms with Crippen LogP contribution >= 0.6 is 0 Å². The van der Waals surface area contributed by atoms with E-state index >= 15 is 0 Å². The average molecular weight is 293 g/mol. The minimum absolute atomic E-state index is 0.280. The Hall–Kier alpha value is -1.40. The predicted octanol–water partition coefficient (Wildman–Crippen LogP) is 2.06. The SMILES string of the molecule is COCC1CCN(c2nc(C(C)C)nc(NN)c2C)CC1. The molecule has 6 heteroatoms. The van der Waals surface area contributed by atoms with Crippen molar-refractivity contribution in [2.24, 2.45) is 11.8 Å². The second-order valence-electron chi connectivity index (χ2n) is 6.06. The molecule has 0 amide bonds. The number of hydrazine groups is 1. The summed E-state index contributed by atoms with van der Waals surface area (Å²) in [6.07, 6.45) is 2.28. The zero-order valence-electron chi connectivity index (χ0n) is 13.5. The van der Waals surface area contributed by atoms with Crippen molar-refractivity contribution >= 4 is 11.6 Å². The van der Waals surface area contributed by atoms with Gasteiger partial charge in [0.15, 0.2) is 0 Å². The molecule has 0 bridgehead atoms. The molecule has 0 saturated carbocycles. The fourth-order valence-corrected chi connectivity index (χ4v) is 2.78. The zero-order chi connectivity index (χ0) is 15.4. The smallest absolute Gasteiger partial charge is 0.148 e. The van der Waals surface area contributed by atoms with Crippen LogP contribution < -0.4 is 16.2 Å². The molecule has 1 aromatic heterocycles. The third-order valence-electron chi connectivity index (χ3n) is 4.11. The Morgan fingerprint density at radius 1 is 1.33 bits per heavy atom. The van der Waals surface area contributed by atoms with Gasteiger partial charge in [-0.05, 0) is 25.7 Å². The minimum atomic E-state index is 0.280. The number of nitrogen functional groups attached to an aromatic ring is 1. The number of nitrogens with two attached hydrogens (primary N) is 1. The monoisotopic (exact) mass is 293 g/mol. The van der Waals surface area contributed by atoms with Crippen LogP contribution in [0.1, 0.15) is 44.0 Å². The highest BCUT2D eigenvalue weighted by Gasteiger charge is 2.23. The van der Waals surface area contributed by atoms with E-state index in [4.69, 9.17) is 15.6 Å². The van der Waals surface area contributed by atoms with Crippen molar-refractivity contribution in [2.45, 2.75) is 39.5 Å². The average Bonchev–Trinajstić information content (AvgIpc) is 2.48. The Labute approximate surface area is 127 Å². The van der Waals surface area contributed by atoms with Crippen molar-refractivity contribution in [3.8, 4) is 0 Å². The zero-order valence-corrected chi connectivity index (χ0v) is 13.5. The van der Waals surface area contributed by atoms with Crippen molar-refractivity contribution < 1.29 is 4.74 Å². The van der Waals surface area contributed by atoms with Gasteiger partial charge in [0.2, 0.25) is 0 Å². The Bertz CT molecular complexity index is 469. The summed E-state index contributed by atoms with van der Waals surface area (Å²) in [5.74, 6) is 9.11. The van der Waals surface area contributed by atoms with Crippen molar-refractivity contribution in [3.63, 3.8) is 0 Å². The van der Waals surface area contributed by atoms with Gasteiger partial charge >= 0.3 is 0 Å². The second-order valence-corrected chi connectivity index (χ2v) is 6.06. The third kappa shape index (κ3) is 3.63. The summed E-state index contributed by atoms with van der Waals surface area (Å²) < 4.78 is 5.26. The maximum Gasteiger partial charge on any atom is 0.148 e. The molecule has 1 aromatic rings. The van der Waals surface area contributed by atoms with Crippen molar-refractivity contribution in [1.82, 2.24) is 9.97 Å². The lowest BCUT2D eigenvalue weighted by Gasteiger charge is -2.33. The fraction of sp³-hybridized carbons (Fsp3) is 0.733. The minimum Gasteiger partial charge on any atom is -0.384 e. The van der Waals surface area contributed by atoms with Crippen molar-refractivity contribution in [1.29, 1.82) is 0 Å². The first-order valence-corrected chi connectivity index (χ1v) is 7.65. The number of piperidine rings is 1. The molecule has 0 aliphatic carbocycles. The molecule has 1 aliphatic rings. The Morgan fingerprint density at radius 3 is 2.52 bits per heavy atom. The van der Waals surface area contributed by atoms with Gasteiger partial charge in [-0.2, -0.15) is 0 Å². The molecule has 21 heavy (non-hydrogen) atoms. The van der Waals surface area contributed by atoms with E-state index in [2.05, 4.69) is 29.2 Å². The predicted molar refractivity (Wildman–Crippen MR) is 85.5 cm³/mol. The molecule has 0 spiro atoms. The van der Waals surface area contributed by atoms with Gasteiger partial charge in [0.05, 0.1) is 0 Å². The summed E-state index contributed by atoms with van der Waals surface area (Å²) in [6.45, 7) is 9.08. The van der Waals surface area contributed by atoms with Crippen LogP contribution in [-0.4, -0.2) is 36.8 Å². The summed E-state index contributed by atoms with van der Waals surface area (Å²) in [5.41, 5.74) is 3.72. The Balaban J connectivity index is 2.21. The van der Waals surface area contributed by atoms with Gasteiger partial charge in [0, 0.05) is 38.3 Å². The second kappa shape index (κ2) is 7.04. The molecule has 1 saturated heterocycles. The molecule has 2 heterocycles. The molecule has 6 nitrogen and oxygen atoms in total. The summed E-state index contributed by atoms with van der Waals surface area (Å²) in [6, 6.07) is 0. The van der Waals surface area contributed by atoms with Crippen LogP contribution in [0.25, 0.3) is 0 Å². The lowest BCUT2D eigenvalue weighted by molar-refractivity contribution is 0.139. The Kier molecular flexibility index (Phi) is 5.36. The summed E-state index contributed by atoms with van der Waals surface area (Å²) >= 11 is 0. The number of hydrogen-bond donors (Lipinski definition) is 2. The van der Waals surface area contributed by atoms with Crippen LogP contribution in [0, 0.1) is 12.8 Å². The van der Waals surface area contributed by atoms with Crippen LogP contribution in [0.5, 0.6) is 0 Å². The fourth-order valence-electron chi connectivity index (χ4n) is 2.78. The number of methoxy groups -OCH3 is 1. The van der Waals surface area contributed by atoms with Gasteiger partial charge in [-0.3, -0.25) is 0 Å². The molecule has 0 aromatic carbocycles. The number of hydrogen-bond acceptors (Lipinski definition) is 6. The van der Waals surface area contributed by atoms with E-state index in [-0.39, 0.29) is 5.92 Å². The van der Waals surface area contributed by atoms with Gasteiger partial charge in [-0.25, -0.2) is 15.8 Å². The molecule has 0 atom stereocenters. The highest BCUT2D eigenvalue weighted by molar-refractivity contribution is 5.58. The van der Waals surface area contributed by atoms with Crippen LogP contribution in [0.4, 0.5) is 11.6 Å². The molecule has 2 rings (SSSR count). The number of anilines is 2. The van der Waals surface area contributed by atoms with Gasteiger partial charge in [0.25, 0.3) is 0 Å². The van der Waals surface area contributed by atoms with E-state index in [1.54, 1.807) is 7.11 Å². The number of nitrogens with zero attached hydrogens (tertiary/aromatic N) is 3. The molecule has 118 valence electrons. The summed E-state index contributed by atoms with van der Waals surface area (Å²) in [4.78, 5) is 11.6. The summed E-state index contributed by atoms with van der Waals surface area (Å²) in [7, 11) is 1.77. The van der Waals surface area contributed by atoms with Gasteiger partial charge in [-0.15, -0.1) is 0 Å². The van der Waals surface area contributed by atoms with E-state index < -0.39 is 0 Å². The first-order valence-electron chi connectivity index (χ1n) is 7.65. The number of aromatic nitrogens is 2. The van der Waals surface area contributed by atoms with Crippen LogP contribution in [0.2, 0.25) is 0 Å². The molecule has 1 fully saturated rings. The van der Waals surface area contributed by atoms with E-state index in [0.29, 0.717) is 5.92 Å². The highest BCUT2D eigenvalue weighted by Crippen LogP contribution is 2.29. The number of nitrogens with one attached hydrogen (secondary N) is 1. The molecule has 3 N–H and O–H groups in total. The number of rotatable bonds is 5. The molecular formula is C15H27N5O. The molecular weight excluding hydrogens is 266 g/mol. The lowest BCUT2D eigenvalue weighted by Crippen LogP contribution is -2.36. The first kappa shape index (κ1) is 16.0. The quantitative estimate of drug-likeness (QED) is 0.639. The van der Waals surface area contributed by atoms with Crippen LogP contribution in [-0.2, 0) is 4.74 Å². The normalized spacial score (nSPS) is 16.6. The van der Waals surface area contributed by atoms with Gasteiger partial charge in [-0.1, -0.05) is 13.8 Å². The van der Waals surface area contributed by atoms with E-state index in [1.807, 2.05) is 6.92 Å². The van der Waals surface area contributed by atoms with Crippen molar-refractivity contribution in [3.05, 3.63) is 11.4 Å². The maximum atomic E-state index is 5.60. The molecule has 0 radical (unpaired) electrons. The largest absolute Gasteiger partial charge is 0.384 e. The Morgan fingerprint density at radius 2 is 2.00 bits per heavy atom. The van der Waals surface area contributed by atoms with Crippen LogP contribution in [0.3, 0.4) is 0 Å². The molecule has 0 unspecified atom stereocenters. The van der Waals surface area contributed by atoms with E-state index in [1.165, 1.54) is 0 Å². The standard InChI is InChI=1S/C15H27N5O/c1-10(2)13-17-14(19-16)11(3)15(18-13)20-7-5-12(6-8-20)9-21-4/h10,12H,5-9,16H2,1-4H3,(H,17,18,19). The third-order valence-corrected chi connectivity index (χ3v) is 4.11. The lowest BCUT2D eigenvalue weighted by atomic mass is 9.97.